The first-order valence-corrected chi connectivity index (χ1v) is 12.1. The van der Waals surface area contributed by atoms with Crippen molar-refractivity contribution in [3.8, 4) is 0 Å². The van der Waals surface area contributed by atoms with Crippen molar-refractivity contribution in [3.05, 3.63) is 73.1 Å². The molecule has 3 aromatic rings. The van der Waals surface area contributed by atoms with E-state index in [2.05, 4.69) is 5.10 Å². The average molecular weight is 483 g/mol. The number of carbonyl (C=O) groups excluding carboxylic acids is 1. The molecule has 5 rings (SSSR count). The van der Waals surface area contributed by atoms with E-state index in [1.54, 1.807) is 16.3 Å². The second-order valence-corrected chi connectivity index (χ2v) is 9.84. The number of para-hydroxylation sites is 1. The van der Waals surface area contributed by atoms with E-state index < -0.39 is 0 Å². The Balaban J connectivity index is 1.72. The molecule has 0 spiro atoms. The number of halogens is 1. The van der Waals surface area contributed by atoms with Crippen molar-refractivity contribution in [1.29, 1.82) is 0 Å². The van der Waals surface area contributed by atoms with Gasteiger partial charge < -0.3 is 4.90 Å². The molecule has 2 aliphatic heterocycles. The lowest BCUT2D eigenvalue weighted by Gasteiger charge is -2.12. The van der Waals surface area contributed by atoms with Gasteiger partial charge in [0.05, 0.1) is 22.7 Å². The standard InChI is InChI=1S/C23H19ClN4O2S2/c1-4-27-21(30)19(23-26(3)16-12-14(24)10-11-17(16)31-23)32-22(27)18-13(2)25-28(20(18)29)15-8-6-5-7-9-15/h5-12H,4H2,1-3H3/b22-18?,23-19-. The van der Waals surface area contributed by atoms with Crippen LogP contribution < -0.4 is 24.7 Å². The summed E-state index contributed by atoms with van der Waals surface area (Å²) in [5, 5.41) is 7.37. The number of aromatic nitrogens is 1. The van der Waals surface area contributed by atoms with Gasteiger partial charge in [-0.3, -0.25) is 14.2 Å². The van der Waals surface area contributed by atoms with Gasteiger partial charge in [0.1, 0.15) is 14.2 Å². The van der Waals surface area contributed by atoms with Crippen LogP contribution >= 0.6 is 34.7 Å². The summed E-state index contributed by atoms with van der Waals surface area (Å²) in [6.07, 6.45) is 0. The molecule has 0 saturated heterocycles. The highest BCUT2D eigenvalue weighted by molar-refractivity contribution is 8.08. The number of fused-ring (bicyclic) bond motifs is 1. The Labute approximate surface area is 197 Å². The minimum Gasteiger partial charge on any atom is -0.337 e. The number of hydrogen-bond acceptors (Lipinski definition) is 6. The fourth-order valence-electron chi connectivity index (χ4n) is 3.83. The van der Waals surface area contributed by atoms with E-state index in [1.807, 2.05) is 74.3 Å². The highest BCUT2D eigenvalue weighted by Gasteiger charge is 2.32. The SMILES string of the molecule is CCn1c(=C2C(=O)N(c3ccccc3)N=C2C)s/c(=C2\Sc3ccc(Cl)cc3N2C)c1=O. The van der Waals surface area contributed by atoms with E-state index >= 15 is 0 Å². The molecule has 162 valence electrons. The molecule has 6 nitrogen and oxygen atoms in total. The van der Waals surface area contributed by atoms with Gasteiger partial charge in [0.25, 0.3) is 11.5 Å². The molecule has 2 aliphatic rings. The molecule has 2 aromatic carbocycles. The second kappa shape index (κ2) is 7.95. The van der Waals surface area contributed by atoms with E-state index in [0.29, 0.717) is 37.7 Å². The van der Waals surface area contributed by atoms with E-state index in [9.17, 15) is 9.59 Å². The van der Waals surface area contributed by atoms with Gasteiger partial charge in [-0.15, -0.1) is 11.3 Å². The second-order valence-electron chi connectivity index (χ2n) is 7.38. The molecule has 0 radical (unpaired) electrons. The number of hydrogen-bond donors (Lipinski definition) is 0. The predicted molar refractivity (Wildman–Crippen MR) is 133 cm³/mol. The Bertz CT molecular complexity index is 1470. The highest BCUT2D eigenvalue weighted by atomic mass is 35.5. The summed E-state index contributed by atoms with van der Waals surface area (Å²) in [5.74, 6) is -0.226. The average Bonchev–Trinajstić information content (AvgIpc) is 3.39. The number of amides is 1. The van der Waals surface area contributed by atoms with Crippen LogP contribution in [-0.2, 0) is 11.3 Å². The molecule has 0 atom stereocenters. The van der Waals surface area contributed by atoms with Crippen LogP contribution in [0.1, 0.15) is 13.8 Å². The van der Waals surface area contributed by atoms with Crippen molar-refractivity contribution in [1.82, 2.24) is 4.57 Å². The van der Waals surface area contributed by atoms with E-state index in [1.165, 1.54) is 16.3 Å². The van der Waals surface area contributed by atoms with Crippen LogP contribution in [0.2, 0.25) is 5.02 Å². The van der Waals surface area contributed by atoms with Gasteiger partial charge in [0.2, 0.25) is 0 Å². The normalized spacial score (nSPS) is 19.0. The first-order valence-electron chi connectivity index (χ1n) is 10.0. The van der Waals surface area contributed by atoms with Crippen molar-refractivity contribution < 1.29 is 4.79 Å². The minimum absolute atomic E-state index is 0.105. The van der Waals surface area contributed by atoms with Gasteiger partial charge in [0.15, 0.2) is 0 Å². The minimum atomic E-state index is -0.226. The lowest BCUT2D eigenvalue weighted by molar-refractivity contribution is -0.112. The van der Waals surface area contributed by atoms with Gasteiger partial charge in [-0.05, 0) is 44.2 Å². The number of anilines is 2. The van der Waals surface area contributed by atoms with Crippen molar-refractivity contribution in [2.24, 2.45) is 5.10 Å². The third-order valence-corrected chi connectivity index (χ3v) is 8.21. The van der Waals surface area contributed by atoms with Crippen molar-refractivity contribution in [3.63, 3.8) is 0 Å². The largest absolute Gasteiger partial charge is 0.337 e. The molecule has 9 heteroatoms. The zero-order valence-electron chi connectivity index (χ0n) is 17.6. The Morgan fingerprint density at radius 3 is 2.56 bits per heavy atom. The lowest BCUT2D eigenvalue weighted by atomic mass is 10.2. The van der Waals surface area contributed by atoms with E-state index in [4.69, 9.17) is 11.6 Å². The van der Waals surface area contributed by atoms with Crippen molar-refractivity contribution in [2.75, 3.05) is 17.0 Å². The van der Waals surface area contributed by atoms with Crippen LogP contribution in [0.3, 0.4) is 0 Å². The number of carbonyl (C=O) groups is 1. The first-order chi connectivity index (χ1) is 15.4. The van der Waals surface area contributed by atoms with Crippen molar-refractivity contribution >= 4 is 68.3 Å². The highest BCUT2D eigenvalue weighted by Crippen LogP contribution is 2.46. The molecule has 0 saturated carbocycles. The summed E-state index contributed by atoms with van der Waals surface area (Å²) in [4.78, 5) is 29.8. The third-order valence-electron chi connectivity index (χ3n) is 5.42. The number of hydrazone groups is 1. The lowest BCUT2D eigenvalue weighted by Crippen LogP contribution is -2.35. The smallest absolute Gasteiger partial charge is 0.283 e. The maximum absolute atomic E-state index is 13.4. The molecule has 32 heavy (non-hydrogen) atoms. The monoisotopic (exact) mass is 482 g/mol. The molecule has 0 bridgehead atoms. The molecule has 3 heterocycles. The summed E-state index contributed by atoms with van der Waals surface area (Å²) < 4.78 is 2.90. The molecule has 0 N–H and O–H groups in total. The van der Waals surface area contributed by atoms with E-state index in [-0.39, 0.29) is 11.5 Å². The predicted octanol–water partition coefficient (Wildman–Crippen LogP) is 3.46. The van der Waals surface area contributed by atoms with Gasteiger partial charge in [0, 0.05) is 23.5 Å². The Morgan fingerprint density at radius 2 is 1.84 bits per heavy atom. The van der Waals surface area contributed by atoms with Gasteiger partial charge in [-0.2, -0.15) is 10.1 Å². The van der Waals surface area contributed by atoms with Crippen LogP contribution in [0, 0.1) is 0 Å². The fourth-order valence-corrected chi connectivity index (χ4v) is 6.59. The number of nitrogens with zero attached hydrogens (tertiary/aromatic N) is 4. The first kappa shape index (κ1) is 21.1. The molecule has 0 aliphatic carbocycles. The molecule has 1 amide bonds. The quantitative estimate of drug-likeness (QED) is 0.561. The third kappa shape index (κ3) is 3.21. The Kier molecular flexibility index (Phi) is 5.23. The van der Waals surface area contributed by atoms with Gasteiger partial charge in [-0.1, -0.05) is 41.6 Å². The molecule has 0 unspecified atom stereocenters. The summed E-state index contributed by atoms with van der Waals surface area (Å²) in [7, 11) is 1.93. The fraction of sp³-hybridized carbons (Fsp3) is 0.174. The van der Waals surface area contributed by atoms with Crippen LogP contribution in [0.15, 0.2) is 63.3 Å². The Hall–Kier alpha value is -2.81. The molecule has 0 fully saturated rings. The molecular weight excluding hydrogens is 464 g/mol. The molecule has 1 aromatic heterocycles. The number of benzene rings is 2. The maximum atomic E-state index is 13.4. The number of thiazole rings is 1. The summed E-state index contributed by atoms with van der Waals surface area (Å²) >= 11 is 9.06. The number of thioether (sulfide) groups is 1. The topological polar surface area (TPSA) is 57.9 Å². The zero-order chi connectivity index (χ0) is 22.6. The summed E-state index contributed by atoms with van der Waals surface area (Å²) in [5.41, 5.74) is 2.62. The van der Waals surface area contributed by atoms with E-state index in [0.717, 1.165) is 15.6 Å². The summed E-state index contributed by atoms with van der Waals surface area (Å²) in [6, 6.07) is 15.0. The van der Waals surface area contributed by atoms with Crippen LogP contribution in [-0.4, -0.2) is 23.2 Å². The molecular formula is C23H19ClN4O2S2. The number of rotatable bonds is 2. The maximum Gasteiger partial charge on any atom is 0.283 e. The van der Waals surface area contributed by atoms with Gasteiger partial charge in [-0.25, -0.2) is 0 Å². The summed E-state index contributed by atoms with van der Waals surface area (Å²) in [6.45, 7) is 4.18. The van der Waals surface area contributed by atoms with Gasteiger partial charge >= 0.3 is 0 Å². The van der Waals surface area contributed by atoms with Crippen LogP contribution in [0.4, 0.5) is 11.4 Å². The van der Waals surface area contributed by atoms with Crippen molar-refractivity contribution in [2.45, 2.75) is 25.3 Å². The Morgan fingerprint density at radius 1 is 1.09 bits per heavy atom. The van der Waals surface area contributed by atoms with Crippen LogP contribution in [0.5, 0.6) is 0 Å². The zero-order valence-corrected chi connectivity index (χ0v) is 20.0. The van der Waals surface area contributed by atoms with Crippen LogP contribution in [0.25, 0.3) is 10.6 Å².